The van der Waals surface area contributed by atoms with Crippen LogP contribution in [0.1, 0.15) is 64.3 Å². The van der Waals surface area contributed by atoms with E-state index in [9.17, 15) is 18.0 Å². The topological polar surface area (TPSA) is 130 Å². The van der Waals surface area contributed by atoms with E-state index in [1.807, 2.05) is 56.9 Å². The number of aromatic nitrogens is 4. The number of ether oxygens (including phenoxy) is 3. The van der Waals surface area contributed by atoms with Crippen LogP contribution in [0.15, 0.2) is 60.8 Å². The lowest BCUT2D eigenvalue weighted by Gasteiger charge is -2.39. The van der Waals surface area contributed by atoms with Gasteiger partial charge in [-0.15, -0.1) is 0 Å². The molecule has 0 unspecified atom stereocenters. The molecule has 4 aromatic rings. The van der Waals surface area contributed by atoms with Gasteiger partial charge in [0.1, 0.15) is 17.6 Å². The van der Waals surface area contributed by atoms with Crippen molar-refractivity contribution >= 4 is 17.7 Å². The van der Waals surface area contributed by atoms with Gasteiger partial charge in [0, 0.05) is 37.5 Å². The van der Waals surface area contributed by atoms with Crippen LogP contribution in [0.3, 0.4) is 0 Å². The molecule has 4 heterocycles. The number of esters is 1. The number of halogens is 3. The van der Waals surface area contributed by atoms with Gasteiger partial charge in [0.25, 0.3) is 0 Å². The summed E-state index contributed by atoms with van der Waals surface area (Å²) in [6, 6.07) is 14.8. The monoisotopic (exact) mass is 707 g/mol. The Kier molecular flexibility index (Phi) is 10.2. The third kappa shape index (κ3) is 8.38. The molecule has 2 aromatic heterocycles. The molecule has 2 aliphatic heterocycles. The largest absolute Gasteiger partial charge is 0.491 e. The Morgan fingerprint density at radius 1 is 0.961 bits per heavy atom. The van der Waals surface area contributed by atoms with Gasteiger partial charge in [0.15, 0.2) is 0 Å². The van der Waals surface area contributed by atoms with Crippen LogP contribution in [-0.2, 0) is 9.53 Å². The summed E-state index contributed by atoms with van der Waals surface area (Å²) in [5.74, 6) is 0.315. The van der Waals surface area contributed by atoms with Crippen LogP contribution in [0, 0.1) is 12.3 Å². The summed E-state index contributed by atoms with van der Waals surface area (Å²) in [7, 11) is 0. The molecule has 3 N–H and O–H groups in total. The van der Waals surface area contributed by atoms with Gasteiger partial charge < -0.3 is 30.2 Å². The van der Waals surface area contributed by atoms with E-state index in [2.05, 4.69) is 20.4 Å². The third-order valence-corrected chi connectivity index (χ3v) is 9.23. The molecule has 0 aliphatic carbocycles. The summed E-state index contributed by atoms with van der Waals surface area (Å²) in [6.07, 6.45) is -3.63. The second-order valence-electron chi connectivity index (χ2n) is 13.9. The summed E-state index contributed by atoms with van der Waals surface area (Å²) in [5.41, 5.74) is 8.14. The molecule has 11 nitrogen and oxygen atoms in total. The van der Waals surface area contributed by atoms with Crippen LogP contribution in [0.4, 0.5) is 24.9 Å². The number of aryl methyl sites for hydroxylation is 1. The minimum absolute atomic E-state index is 0.00297. The number of anilines is 2. The maximum absolute atomic E-state index is 15.0. The standard InChI is InChI=1S/C37H44F3N7O4/c1-22(2)49-27-9-6-25(7-10-27)26-8-11-28(30(18-26)47-15-12-24(5)45-47)33(37(38,39)40)51-32-19-31(43-35(41)44-32)46-16-13-36(14-17-46)20-29(42-21-36)34(48)50-23(3)4/h6-12,15,18-19,22-23,29,33,42H,13-14,16-17,20-21H2,1-5H3,(H2,41,43,44)/t29-,33+/m0/s1. The van der Waals surface area contributed by atoms with Crippen LogP contribution in [0.25, 0.3) is 16.8 Å². The predicted octanol–water partition coefficient (Wildman–Crippen LogP) is 6.59. The Morgan fingerprint density at radius 3 is 2.29 bits per heavy atom. The Hall–Kier alpha value is -4.85. The number of benzene rings is 2. The molecule has 272 valence electrons. The molecule has 2 aromatic carbocycles. The van der Waals surface area contributed by atoms with Crippen molar-refractivity contribution in [3.05, 3.63) is 72.1 Å². The number of nitrogens with two attached hydrogens (primary N) is 1. The van der Waals surface area contributed by atoms with Crippen LogP contribution in [0.2, 0.25) is 0 Å². The normalized spacial score (nSPS) is 18.0. The third-order valence-electron chi connectivity index (χ3n) is 9.23. The molecule has 0 radical (unpaired) electrons. The average Bonchev–Trinajstić information content (AvgIpc) is 3.69. The molecule has 0 bridgehead atoms. The highest BCUT2D eigenvalue weighted by Crippen LogP contribution is 2.43. The second-order valence-corrected chi connectivity index (χ2v) is 13.9. The molecular formula is C37H44F3N7O4. The van der Waals surface area contributed by atoms with E-state index in [0.717, 1.165) is 18.4 Å². The number of piperidine rings is 1. The van der Waals surface area contributed by atoms with Gasteiger partial charge >= 0.3 is 12.1 Å². The summed E-state index contributed by atoms with van der Waals surface area (Å²) in [4.78, 5) is 22.9. The summed E-state index contributed by atoms with van der Waals surface area (Å²) in [6.45, 7) is 11.1. The number of alkyl halides is 3. The van der Waals surface area contributed by atoms with Gasteiger partial charge in [-0.05, 0) is 94.7 Å². The molecule has 0 amide bonds. The molecule has 0 saturated carbocycles. The zero-order valence-electron chi connectivity index (χ0n) is 29.4. The van der Waals surface area contributed by atoms with E-state index in [4.69, 9.17) is 19.9 Å². The maximum atomic E-state index is 15.0. The van der Waals surface area contributed by atoms with Crippen molar-refractivity contribution in [3.8, 4) is 28.4 Å². The van der Waals surface area contributed by atoms with Crippen LogP contribution in [-0.4, -0.2) is 69.8 Å². The smallest absolute Gasteiger partial charge is 0.429 e. The summed E-state index contributed by atoms with van der Waals surface area (Å²) in [5, 5.41) is 7.74. The number of carbonyl (C=O) groups is 1. The van der Waals surface area contributed by atoms with E-state index >= 15 is 0 Å². The van der Waals surface area contributed by atoms with E-state index in [1.165, 1.54) is 16.8 Å². The molecule has 14 heteroatoms. The summed E-state index contributed by atoms with van der Waals surface area (Å²) >= 11 is 0. The first-order chi connectivity index (χ1) is 24.2. The Morgan fingerprint density at radius 2 is 1.67 bits per heavy atom. The number of nitrogens with zero attached hydrogens (tertiary/aromatic N) is 5. The van der Waals surface area contributed by atoms with Crippen molar-refractivity contribution in [3.63, 3.8) is 0 Å². The van der Waals surface area contributed by atoms with Gasteiger partial charge in [0.2, 0.25) is 17.9 Å². The van der Waals surface area contributed by atoms with Gasteiger partial charge in [0.05, 0.1) is 23.6 Å². The quantitative estimate of drug-likeness (QED) is 0.174. The van der Waals surface area contributed by atoms with Crippen molar-refractivity contribution < 1.29 is 32.2 Å². The number of carbonyl (C=O) groups excluding carboxylic acids is 1. The molecule has 1 spiro atoms. The SMILES string of the molecule is Cc1ccn(-c2cc(-c3ccc(OC(C)C)cc3)ccc2[C@@H](Oc2cc(N3CCC4(CC3)CN[C@H](C(=O)OC(C)C)C4)nc(N)n2)C(F)(F)F)n1. The number of hydrogen-bond acceptors (Lipinski definition) is 10. The Bertz CT molecular complexity index is 1840. The average molecular weight is 708 g/mol. The molecule has 2 aliphatic rings. The number of nitrogen functional groups attached to an aromatic ring is 1. The molecule has 2 atom stereocenters. The minimum atomic E-state index is -4.82. The lowest BCUT2D eigenvalue weighted by molar-refractivity contribution is -0.198. The van der Waals surface area contributed by atoms with E-state index < -0.39 is 12.3 Å². The maximum Gasteiger partial charge on any atom is 0.429 e. The van der Waals surface area contributed by atoms with Gasteiger partial charge in [-0.25, -0.2) is 4.68 Å². The second kappa shape index (κ2) is 14.4. The van der Waals surface area contributed by atoms with E-state index in [0.29, 0.717) is 48.9 Å². The van der Waals surface area contributed by atoms with Crippen molar-refractivity contribution in [2.24, 2.45) is 5.41 Å². The van der Waals surface area contributed by atoms with Crippen molar-refractivity contribution in [2.45, 2.75) is 84.4 Å². The fraction of sp³-hybridized carbons (Fsp3) is 0.459. The van der Waals surface area contributed by atoms with Crippen LogP contribution < -0.4 is 25.4 Å². The van der Waals surface area contributed by atoms with Gasteiger partial charge in [-0.2, -0.15) is 28.2 Å². The fourth-order valence-corrected chi connectivity index (χ4v) is 6.76. The highest BCUT2D eigenvalue weighted by molar-refractivity contribution is 5.76. The fourth-order valence-electron chi connectivity index (χ4n) is 6.76. The molecule has 2 fully saturated rings. The van der Waals surface area contributed by atoms with Crippen molar-refractivity contribution in [2.75, 3.05) is 30.3 Å². The lowest BCUT2D eigenvalue weighted by atomic mass is 9.76. The van der Waals surface area contributed by atoms with Crippen molar-refractivity contribution in [1.29, 1.82) is 0 Å². The number of rotatable bonds is 10. The first-order valence-electron chi connectivity index (χ1n) is 17.2. The van der Waals surface area contributed by atoms with Crippen LogP contribution >= 0.6 is 0 Å². The van der Waals surface area contributed by atoms with E-state index in [-0.39, 0.29) is 52.7 Å². The lowest BCUT2D eigenvalue weighted by Crippen LogP contribution is -2.41. The number of hydrogen-bond donors (Lipinski definition) is 2. The Labute approximate surface area is 295 Å². The highest BCUT2D eigenvalue weighted by atomic mass is 19.4. The minimum Gasteiger partial charge on any atom is -0.491 e. The zero-order chi connectivity index (χ0) is 36.5. The summed E-state index contributed by atoms with van der Waals surface area (Å²) < 4.78 is 63.1. The van der Waals surface area contributed by atoms with Gasteiger partial charge in [-0.1, -0.05) is 24.3 Å². The highest BCUT2D eigenvalue weighted by Gasteiger charge is 2.46. The zero-order valence-corrected chi connectivity index (χ0v) is 29.4. The molecule has 6 rings (SSSR count). The van der Waals surface area contributed by atoms with Crippen molar-refractivity contribution in [1.82, 2.24) is 25.1 Å². The van der Waals surface area contributed by atoms with Gasteiger partial charge in [-0.3, -0.25) is 4.79 Å². The first-order valence-corrected chi connectivity index (χ1v) is 17.2. The van der Waals surface area contributed by atoms with E-state index in [1.54, 1.807) is 31.3 Å². The first kappa shape index (κ1) is 36.0. The molecule has 2 saturated heterocycles. The predicted molar refractivity (Wildman–Crippen MR) is 187 cm³/mol. The molecular weight excluding hydrogens is 663 g/mol. The number of nitrogens with one attached hydrogen (secondary N) is 1. The Balaban J connectivity index is 1.25. The molecule has 51 heavy (non-hydrogen) atoms. The van der Waals surface area contributed by atoms with Crippen LogP contribution in [0.5, 0.6) is 11.6 Å².